The van der Waals surface area contributed by atoms with Gasteiger partial charge in [-0.05, 0) is 75.8 Å². The van der Waals surface area contributed by atoms with Gasteiger partial charge in [0.25, 0.3) is 0 Å². The highest BCUT2D eigenvalue weighted by molar-refractivity contribution is 6.33. The Morgan fingerprint density at radius 1 is 1.09 bits per heavy atom. The molecule has 2 fully saturated rings. The van der Waals surface area contributed by atoms with E-state index >= 15 is 0 Å². The average molecular weight is 505 g/mol. The fourth-order valence-electron chi connectivity index (χ4n) is 5.27. The van der Waals surface area contributed by atoms with Crippen LogP contribution in [0.4, 0.5) is 10.1 Å². The molecule has 0 amide bonds. The molecule has 8 heteroatoms. The lowest BCUT2D eigenvalue weighted by atomic mass is 9.83. The molecule has 1 aliphatic carbocycles. The van der Waals surface area contributed by atoms with Gasteiger partial charge in [0.05, 0.1) is 17.3 Å². The SMILES string of the molecule is COC[C@H](C)NC1CCC(Cc2cc(-c3cnc(F)c(NCC4CCOCC4)c3)c(Cl)cn2)CC1. The smallest absolute Gasteiger partial charge is 0.236 e. The fourth-order valence-corrected chi connectivity index (χ4v) is 5.48. The summed E-state index contributed by atoms with van der Waals surface area (Å²) in [6.45, 7) is 5.16. The van der Waals surface area contributed by atoms with E-state index in [1.807, 2.05) is 12.1 Å². The fraction of sp³-hybridized carbons (Fsp3) is 0.630. The Labute approximate surface area is 213 Å². The van der Waals surface area contributed by atoms with E-state index in [1.54, 1.807) is 19.5 Å². The van der Waals surface area contributed by atoms with Gasteiger partial charge in [0, 0.05) is 68.2 Å². The van der Waals surface area contributed by atoms with Gasteiger partial charge in [0.15, 0.2) is 0 Å². The Morgan fingerprint density at radius 2 is 1.86 bits per heavy atom. The maximum atomic E-state index is 14.4. The summed E-state index contributed by atoms with van der Waals surface area (Å²) in [7, 11) is 1.75. The monoisotopic (exact) mass is 504 g/mol. The molecule has 6 nitrogen and oxygen atoms in total. The number of aromatic nitrogens is 2. The minimum absolute atomic E-state index is 0.377. The Bertz CT molecular complexity index is 949. The molecule has 2 N–H and O–H groups in total. The number of pyridine rings is 2. The first-order valence-electron chi connectivity index (χ1n) is 12.9. The summed E-state index contributed by atoms with van der Waals surface area (Å²) in [4.78, 5) is 8.60. The van der Waals surface area contributed by atoms with Gasteiger partial charge >= 0.3 is 0 Å². The lowest BCUT2D eigenvalue weighted by Crippen LogP contribution is -2.41. The lowest BCUT2D eigenvalue weighted by molar-refractivity contribution is 0.0699. The predicted octanol–water partition coefficient (Wildman–Crippen LogP) is 5.50. The molecule has 1 saturated heterocycles. The number of nitrogens with one attached hydrogen (secondary N) is 2. The molecule has 0 radical (unpaired) electrons. The van der Waals surface area contributed by atoms with Crippen molar-refractivity contribution in [2.24, 2.45) is 11.8 Å². The van der Waals surface area contributed by atoms with Gasteiger partial charge in [-0.15, -0.1) is 0 Å². The van der Waals surface area contributed by atoms with Crippen LogP contribution in [0.1, 0.15) is 51.1 Å². The van der Waals surface area contributed by atoms with Crippen molar-refractivity contribution in [1.82, 2.24) is 15.3 Å². The highest BCUT2D eigenvalue weighted by Gasteiger charge is 2.23. The van der Waals surface area contributed by atoms with Crippen LogP contribution in [0.25, 0.3) is 11.1 Å². The third-order valence-corrected chi connectivity index (χ3v) is 7.57. The van der Waals surface area contributed by atoms with E-state index in [2.05, 4.69) is 27.5 Å². The van der Waals surface area contributed by atoms with E-state index < -0.39 is 5.95 Å². The number of ether oxygens (including phenoxy) is 2. The maximum Gasteiger partial charge on any atom is 0.236 e. The quantitative estimate of drug-likeness (QED) is 0.416. The Kier molecular flexibility index (Phi) is 9.72. The first kappa shape index (κ1) is 26.3. The summed E-state index contributed by atoms with van der Waals surface area (Å²) in [5, 5.41) is 7.48. The molecule has 2 aliphatic rings. The Morgan fingerprint density at radius 3 is 2.60 bits per heavy atom. The predicted molar refractivity (Wildman–Crippen MR) is 138 cm³/mol. The summed E-state index contributed by atoms with van der Waals surface area (Å²) in [6, 6.07) is 4.79. The van der Waals surface area contributed by atoms with Gasteiger partial charge in [0.2, 0.25) is 5.95 Å². The first-order chi connectivity index (χ1) is 17.0. The Balaban J connectivity index is 1.37. The number of hydrogen-bond donors (Lipinski definition) is 2. The Hall–Kier alpha value is -1.80. The molecule has 1 saturated carbocycles. The molecule has 4 rings (SSSR count). The topological polar surface area (TPSA) is 68.3 Å². The first-order valence-corrected chi connectivity index (χ1v) is 13.3. The molecule has 0 unspecified atom stereocenters. The molecular weight excluding hydrogens is 467 g/mol. The molecule has 0 spiro atoms. The van der Waals surface area contributed by atoms with Gasteiger partial charge in [-0.1, -0.05) is 11.6 Å². The molecular formula is C27H38ClFN4O2. The van der Waals surface area contributed by atoms with Crippen molar-refractivity contribution in [2.75, 3.05) is 38.8 Å². The maximum absolute atomic E-state index is 14.4. The van der Waals surface area contributed by atoms with Gasteiger partial charge in [-0.2, -0.15) is 4.39 Å². The lowest BCUT2D eigenvalue weighted by Gasteiger charge is -2.31. The standard InChI is InChI=1S/C27H38ClFN4O2/c1-18(17-34-2)33-22-5-3-19(4-6-22)11-23-13-24(25(28)16-30-23)21-12-26(27(29)32-15-21)31-14-20-7-9-35-10-8-20/h12-13,15-16,18-20,22,31,33H,3-11,14,17H2,1-2H3/t18-,19?,22?/m0/s1. The van der Waals surface area contributed by atoms with Crippen molar-refractivity contribution in [3.05, 3.63) is 41.2 Å². The summed E-state index contributed by atoms with van der Waals surface area (Å²) in [5.41, 5.74) is 3.09. The van der Waals surface area contributed by atoms with Crippen LogP contribution in [-0.4, -0.2) is 55.5 Å². The van der Waals surface area contributed by atoms with Gasteiger partial charge in [0.1, 0.15) is 0 Å². The molecule has 2 aromatic rings. The zero-order chi connectivity index (χ0) is 24.6. The second-order valence-electron chi connectivity index (χ2n) is 10.1. The molecule has 1 aliphatic heterocycles. The molecule has 0 bridgehead atoms. The van der Waals surface area contributed by atoms with Crippen molar-refractivity contribution < 1.29 is 13.9 Å². The van der Waals surface area contributed by atoms with Crippen LogP contribution in [0.5, 0.6) is 0 Å². The molecule has 2 aromatic heterocycles. The third kappa shape index (κ3) is 7.59. The highest BCUT2D eigenvalue weighted by atomic mass is 35.5. The normalized spacial score (nSPS) is 22.2. The van der Waals surface area contributed by atoms with Crippen molar-refractivity contribution >= 4 is 17.3 Å². The second-order valence-corrected chi connectivity index (χ2v) is 10.5. The number of nitrogens with zero attached hydrogens (tertiary/aromatic N) is 2. The second kappa shape index (κ2) is 12.9. The largest absolute Gasteiger partial charge is 0.383 e. The van der Waals surface area contributed by atoms with Crippen LogP contribution in [0.2, 0.25) is 5.02 Å². The number of halogens is 2. The van der Waals surface area contributed by atoms with Crippen LogP contribution < -0.4 is 10.6 Å². The van der Waals surface area contributed by atoms with Crippen molar-refractivity contribution in [3.63, 3.8) is 0 Å². The van der Waals surface area contributed by atoms with Crippen LogP contribution in [0.15, 0.2) is 24.5 Å². The van der Waals surface area contributed by atoms with Crippen LogP contribution in [0.3, 0.4) is 0 Å². The van der Waals surface area contributed by atoms with Gasteiger partial charge in [-0.3, -0.25) is 4.98 Å². The average Bonchev–Trinajstić information content (AvgIpc) is 2.87. The highest BCUT2D eigenvalue weighted by Crippen LogP contribution is 2.32. The van der Waals surface area contributed by atoms with E-state index in [0.717, 1.165) is 55.9 Å². The summed E-state index contributed by atoms with van der Waals surface area (Å²) < 4.78 is 25.1. The number of methoxy groups -OCH3 is 1. The number of anilines is 1. The molecule has 35 heavy (non-hydrogen) atoms. The zero-order valence-corrected chi connectivity index (χ0v) is 21.6. The van der Waals surface area contributed by atoms with Crippen molar-refractivity contribution in [2.45, 2.75) is 64.0 Å². The van der Waals surface area contributed by atoms with Crippen LogP contribution >= 0.6 is 11.6 Å². The number of rotatable bonds is 10. The van der Waals surface area contributed by atoms with Gasteiger partial charge in [-0.25, -0.2) is 4.98 Å². The van der Waals surface area contributed by atoms with Crippen LogP contribution in [0, 0.1) is 17.8 Å². The molecule has 1 atom stereocenters. The molecule has 192 valence electrons. The zero-order valence-electron chi connectivity index (χ0n) is 20.9. The van der Waals surface area contributed by atoms with Crippen molar-refractivity contribution in [3.8, 4) is 11.1 Å². The van der Waals surface area contributed by atoms with Crippen LogP contribution in [-0.2, 0) is 15.9 Å². The summed E-state index contributed by atoms with van der Waals surface area (Å²) >= 11 is 6.52. The van der Waals surface area contributed by atoms with E-state index in [1.165, 1.54) is 25.7 Å². The van der Waals surface area contributed by atoms with E-state index in [-0.39, 0.29) is 0 Å². The summed E-state index contributed by atoms with van der Waals surface area (Å²) in [5.74, 6) is 0.600. The minimum Gasteiger partial charge on any atom is -0.383 e. The minimum atomic E-state index is -0.489. The third-order valence-electron chi connectivity index (χ3n) is 7.27. The van der Waals surface area contributed by atoms with E-state index in [0.29, 0.717) is 41.2 Å². The van der Waals surface area contributed by atoms with E-state index in [9.17, 15) is 4.39 Å². The van der Waals surface area contributed by atoms with Crippen molar-refractivity contribution in [1.29, 1.82) is 0 Å². The number of hydrogen-bond acceptors (Lipinski definition) is 6. The summed E-state index contributed by atoms with van der Waals surface area (Å²) in [6.07, 6.45) is 10.9. The molecule has 0 aromatic carbocycles. The van der Waals surface area contributed by atoms with E-state index in [4.69, 9.17) is 21.1 Å². The van der Waals surface area contributed by atoms with Gasteiger partial charge < -0.3 is 20.1 Å². The molecule has 3 heterocycles.